The molecule has 3 nitrogen and oxygen atoms in total. The number of nitrogens with two attached hydrogens (primary N) is 1. The summed E-state index contributed by atoms with van der Waals surface area (Å²) in [6.07, 6.45) is 1.75. The van der Waals surface area contributed by atoms with E-state index < -0.39 is 0 Å². The number of aromatic nitrogens is 1. The standard InChI is InChI=1S/C15H21N3/c1-15(2,3)10-18(4)14-11-7-5-6-8-13(11)17-9-12(14)16/h5-9H,10,16H2,1-4H3. The van der Waals surface area contributed by atoms with Gasteiger partial charge in [0.05, 0.1) is 23.1 Å². The van der Waals surface area contributed by atoms with Gasteiger partial charge < -0.3 is 10.6 Å². The van der Waals surface area contributed by atoms with E-state index in [0.717, 1.165) is 28.8 Å². The van der Waals surface area contributed by atoms with Gasteiger partial charge in [-0.3, -0.25) is 4.98 Å². The number of hydrogen-bond acceptors (Lipinski definition) is 3. The van der Waals surface area contributed by atoms with Crippen molar-refractivity contribution in [3.8, 4) is 0 Å². The highest BCUT2D eigenvalue weighted by Crippen LogP contribution is 2.32. The smallest absolute Gasteiger partial charge is 0.0745 e. The van der Waals surface area contributed by atoms with Crippen LogP contribution in [0.25, 0.3) is 10.9 Å². The quantitative estimate of drug-likeness (QED) is 0.880. The summed E-state index contributed by atoms with van der Waals surface area (Å²) in [5.74, 6) is 0. The maximum absolute atomic E-state index is 6.10. The molecule has 0 unspecified atom stereocenters. The minimum absolute atomic E-state index is 0.228. The first-order chi connectivity index (χ1) is 8.38. The first kappa shape index (κ1) is 12.7. The monoisotopic (exact) mass is 243 g/mol. The van der Waals surface area contributed by atoms with E-state index in [2.05, 4.69) is 43.8 Å². The minimum Gasteiger partial charge on any atom is -0.396 e. The van der Waals surface area contributed by atoms with Crippen molar-refractivity contribution in [1.82, 2.24) is 4.98 Å². The van der Waals surface area contributed by atoms with Crippen LogP contribution in [0.2, 0.25) is 0 Å². The molecule has 0 spiro atoms. The third-order valence-electron chi connectivity index (χ3n) is 2.87. The van der Waals surface area contributed by atoms with Gasteiger partial charge in [-0.2, -0.15) is 0 Å². The number of rotatable bonds is 2. The molecule has 0 amide bonds. The lowest BCUT2D eigenvalue weighted by Gasteiger charge is -2.29. The predicted molar refractivity (Wildman–Crippen MR) is 78.9 cm³/mol. The van der Waals surface area contributed by atoms with Gasteiger partial charge in [-0.25, -0.2) is 0 Å². The van der Waals surface area contributed by atoms with Gasteiger partial charge in [0.2, 0.25) is 0 Å². The molecule has 3 heteroatoms. The summed E-state index contributed by atoms with van der Waals surface area (Å²) in [5, 5.41) is 1.12. The van der Waals surface area contributed by atoms with Crippen molar-refractivity contribution in [2.75, 3.05) is 24.2 Å². The lowest BCUT2D eigenvalue weighted by atomic mass is 9.95. The summed E-state index contributed by atoms with van der Waals surface area (Å²) in [6.45, 7) is 7.63. The Morgan fingerprint density at radius 3 is 2.56 bits per heavy atom. The second-order valence-corrected chi connectivity index (χ2v) is 6.00. The van der Waals surface area contributed by atoms with Crippen molar-refractivity contribution >= 4 is 22.3 Å². The number of pyridine rings is 1. The summed E-state index contributed by atoms with van der Waals surface area (Å²) in [7, 11) is 2.09. The van der Waals surface area contributed by atoms with Crippen molar-refractivity contribution < 1.29 is 0 Å². The molecule has 0 fully saturated rings. The van der Waals surface area contributed by atoms with E-state index in [4.69, 9.17) is 5.73 Å². The van der Waals surface area contributed by atoms with Crippen molar-refractivity contribution in [3.63, 3.8) is 0 Å². The molecule has 1 aromatic heterocycles. The number of nitrogen functional groups attached to an aromatic ring is 1. The molecule has 0 aliphatic heterocycles. The summed E-state index contributed by atoms with van der Waals surface area (Å²) < 4.78 is 0. The Balaban J connectivity index is 2.52. The lowest BCUT2D eigenvalue weighted by molar-refractivity contribution is 0.419. The molecule has 0 radical (unpaired) electrons. The first-order valence-corrected chi connectivity index (χ1v) is 6.23. The SMILES string of the molecule is CN(CC(C)(C)C)c1c(N)cnc2ccccc12. The van der Waals surface area contributed by atoms with E-state index in [-0.39, 0.29) is 5.41 Å². The van der Waals surface area contributed by atoms with E-state index in [1.807, 2.05) is 18.2 Å². The predicted octanol–water partition coefficient (Wildman–Crippen LogP) is 3.30. The van der Waals surface area contributed by atoms with Crippen molar-refractivity contribution in [2.45, 2.75) is 20.8 Å². The maximum Gasteiger partial charge on any atom is 0.0745 e. The molecule has 2 rings (SSSR count). The number of fused-ring (bicyclic) bond motifs is 1. The van der Waals surface area contributed by atoms with Crippen LogP contribution in [-0.2, 0) is 0 Å². The van der Waals surface area contributed by atoms with Crippen LogP contribution < -0.4 is 10.6 Å². The van der Waals surface area contributed by atoms with Crippen molar-refractivity contribution in [1.29, 1.82) is 0 Å². The zero-order chi connectivity index (χ0) is 13.3. The third kappa shape index (κ3) is 2.55. The van der Waals surface area contributed by atoms with Crippen LogP contribution in [0, 0.1) is 5.41 Å². The van der Waals surface area contributed by atoms with Gasteiger partial charge in [-0.15, -0.1) is 0 Å². The average molecular weight is 243 g/mol. The molecule has 96 valence electrons. The van der Waals surface area contributed by atoms with Crippen molar-refractivity contribution in [3.05, 3.63) is 30.5 Å². The fraction of sp³-hybridized carbons (Fsp3) is 0.400. The minimum atomic E-state index is 0.228. The molecule has 0 saturated heterocycles. The lowest BCUT2D eigenvalue weighted by Crippen LogP contribution is -2.29. The Morgan fingerprint density at radius 1 is 1.22 bits per heavy atom. The van der Waals surface area contributed by atoms with E-state index in [9.17, 15) is 0 Å². The van der Waals surface area contributed by atoms with Gasteiger partial charge in [-0.05, 0) is 11.5 Å². The maximum atomic E-state index is 6.10. The van der Waals surface area contributed by atoms with E-state index in [0.29, 0.717) is 0 Å². The molecule has 2 N–H and O–H groups in total. The van der Waals surface area contributed by atoms with E-state index in [1.165, 1.54) is 0 Å². The van der Waals surface area contributed by atoms with E-state index in [1.54, 1.807) is 6.20 Å². The molecule has 18 heavy (non-hydrogen) atoms. The molecule has 0 aliphatic carbocycles. The Labute approximate surface area is 109 Å². The Morgan fingerprint density at radius 2 is 1.89 bits per heavy atom. The zero-order valence-corrected chi connectivity index (χ0v) is 11.6. The molecular weight excluding hydrogens is 222 g/mol. The first-order valence-electron chi connectivity index (χ1n) is 6.23. The van der Waals surface area contributed by atoms with Gasteiger partial charge in [0, 0.05) is 19.0 Å². The van der Waals surface area contributed by atoms with Crippen LogP contribution in [0.15, 0.2) is 30.5 Å². The molecule has 0 bridgehead atoms. The normalized spacial score (nSPS) is 11.8. The number of hydrogen-bond donors (Lipinski definition) is 1. The summed E-state index contributed by atoms with van der Waals surface area (Å²) in [6, 6.07) is 8.12. The van der Waals surface area contributed by atoms with Crippen molar-refractivity contribution in [2.24, 2.45) is 5.41 Å². The zero-order valence-electron chi connectivity index (χ0n) is 11.6. The number of nitrogens with zero attached hydrogens (tertiary/aromatic N) is 2. The number of para-hydroxylation sites is 1. The summed E-state index contributed by atoms with van der Waals surface area (Å²) >= 11 is 0. The molecule has 0 saturated carbocycles. The second kappa shape index (κ2) is 4.48. The van der Waals surface area contributed by atoms with Gasteiger partial charge in [0.15, 0.2) is 0 Å². The highest BCUT2D eigenvalue weighted by molar-refractivity contribution is 5.97. The van der Waals surface area contributed by atoms with Crippen LogP contribution in [0.3, 0.4) is 0 Å². The van der Waals surface area contributed by atoms with Gasteiger partial charge in [0.1, 0.15) is 0 Å². The fourth-order valence-electron chi connectivity index (χ4n) is 2.36. The van der Waals surface area contributed by atoms with Crippen LogP contribution in [0.4, 0.5) is 11.4 Å². The Bertz CT molecular complexity index is 555. The van der Waals surface area contributed by atoms with E-state index >= 15 is 0 Å². The van der Waals surface area contributed by atoms with Gasteiger partial charge in [0.25, 0.3) is 0 Å². The van der Waals surface area contributed by atoms with Gasteiger partial charge in [-0.1, -0.05) is 39.0 Å². The van der Waals surface area contributed by atoms with Crippen LogP contribution >= 0.6 is 0 Å². The molecule has 0 atom stereocenters. The molecule has 1 heterocycles. The summed E-state index contributed by atoms with van der Waals surface area (Å²) in [5.41, 5.74) is 9.13. The number of benzene rings is 1. The second-order valence-electron chi connectivity index (χ2n) is 6.00. The molecule has 1 aromatic carbocycles. The highest BCUT2D eigenvalue weighted by atomic mass is 15.1. The topological polar surface area (TPSA) is 42.1 Å². The molecule has 2 aromatic rings. The summed E-state index contributed by atoms with van der Waals surface area (Å²) in [4.78, 5) is 6.59. The fourth-order valence-corrected chi connectivity index (χ4v) is 2.36. The van der Waals surface area contributed by atoms with Crippen LogP contribution in [0.5, 0.6) is 0 Å². The Hall–Kier alpha value is -1.77. The molecular formula is C15H21N3. The van der Waals surface area contributed by atoms with Gasteiger partial charge >= 0.3 is 0 Å². The third-order valence-corrected chi connectivity index (χ3v) is 2.87. The molecule has 0 aliphatic rings. The number of anilines is 2. The Kier molecular flexibility index (Phi) is 3.16. The highest BCUT2D eigenvalue weighted by Gasteiger charge is 2.17. The van der Waals surface area contributed by atoms with Crippen LogP contribution in [0.1, 0.15) is 20.8 Å². The van der Waals surface area contributed by atoms with Crippen LogP contribution in [-0.4, -0.2) is 18.6 Å². The largest absolute Gasteiger partial charge is 0.396 e. The average Bonchev–Trinajstić information content (AvgIpc) is 2.26.